The Bertz CT molecular complexity index is 421. The zero-order valence-corrected chi connectivity index (χ0v) is 10.5. The van der Waals surface area contributed by atoms with Crippen molar-refractivity contribution in [2.24, 2.45) is 23.5 Å². The van der Waals surface area contributed by atoms with Gasteiger partial charge in [-0.25, -0.2) is 0 Å². The van der Waals surface area contributed by atoms with Gasteiger partial charge in [-0.3, -0.25) is 4.79 Å². The number of rotatable bonds is 4. The minimum absolute atomic E-state index is 0.0416. The van der Waals surface area contributed by atoms with Gasteiger partial charge in [0, 0.05) is 12.5 Å². The first kappa shape index (κ1) is 11.7. The van der Waals surface area contributed by atoms with Crippen molar-refractivity contribution in [3.63, 3.8) is 0 Å². The number of carbonyl (C=O) groups excluding carboxylic acids is 1. The normalized spacial score (nSPS) is 30.6. The number of amides is 1. The van der Waals surface area contributed by atoms with Crippen molar-refractivity contribution in [1.29, 1.82) is 0 Å². The predicted molar refractivity (Wildman–Crippen MR) is 70.7 cm³/mol. The number of fused-ring (bicyclic) bond motifs is 1. The molecular formula is C15H20N2O. The van der Waals surface area contributed by atoms with Crippen LogP contribution in [-0.2, 0) is 4.79 Å². The van der Waals surface area contributed by atoms with Gasteiger partial charge in [-0.15, -0.1) is 0 Å². The second-order valence-electron chi connectivity index (χ2n) is 5.49. The Labute approximate surface area is 108 Å². The second-order valence-corrected chi connectivity index (χ2v) is 5.49. The fourth-order valence-electron chi connectivity index (χ4n) is 3.44. The highest BCUT2D eigenvalue weighted by Crippen LogP contribution is 2.57. The first-order valence-electron chi connectivity index (χ1n) is 6.86. The Hall–Kier alpha value is -1.35. The van der Waals surface area contributed by atoms with Crippen LogP contribution in [0.3, 0.4) is 0 Å². The van der Waals surface area contributed by atoms with Crippen LogP contribution < -0.4 is 11.1 Å². The summed E-state index contributed by atoms with van der Waals surface area (Å²) in [6.45, 7) is 0.456. The van der Waals surface area contributed by atoms with Crippen LogP contribution in [0.2, 0.25) is 0 Å². The van der Waals surface area contributed by atoms with E-state index in [1.165, 1.54) is 19.3 Å². The minimum atomic E-state index is -0.0416. The molecule has 3 unspecified atom stereocenters. The SMILES string of the molecule is NCC(NC(=O)C1C2CCCC21)c1ccccc1. The molecule has 0 aromatic heterocycles. The fourth-order valence-corrected chi connectivity index (χ4v) is 3.44. The maximum Gasteiger partial charge on any atom is 0.224 e. The highest BCUT2D eigenvalue weighted by molar-refractivity contribution is 5.82. The molecule has 2 aliphatic carbocycles. The topological polar surface area (TPSA) is 55.1 Å². The maximum atomic E-state index is 12.2. The molecule has 0 heterocycles. The largest absolute Gasteiger partial charge is 0.348 e. The number of hydrogen-bond acceptors (Lipinski definition) is 2. The van der Waals surface area contributed by atoms with Gasteiger partial charge in [-0.05, 0) is 30.2 Å². The quantitative estimate of drug-likeness (QED) is 0.849. The van der Waals surface area contributed by atoms with E-state index in [4.69, 9.17) is 5.73 Å². The van der Waals surface area contributed by atoms with Crippen molar-refractivity contribution in [2.75, 3.05) is 6.54 Å². The molecule has 2 fully saturated rings. The van der Waals surface area contributed by atoms with Crippen LogP contribution in [0.15, 0.2) is 30.3 Å². The number of nitrogens with two attached hydrogens (primary N) is 1. The van der Waals surface area contributed by atoms with E-state index in [0.29, 0.717) is 18.4 Å². The van der Waals surface area contributed by atoms with Crippen LogP contribution in [0.25, 0.3) is 0 Å². The molecule has 0 radical (unpaired) electrons. The van der Waals surface area contributed by atoms with E-state index >= 15 is 0 Å². The van der Waals surface area contributed by atoms with E-state index in [1.54, 1.807) is 0 Å². The van der Waals surface area contributed by atoms with Crippen molar-refractivity contribution in [3.05, 3.63) is 35.9 Å². The monoisotopic (exact) mass is 244 g/mol. The molecule has 2 aliphatic rings. The average molecular weight is 244 g/mol. The molecule has 0 bridgehead atoms. The number of benzene rings is 1. The lowest BCUT2D eigenvalue weighted by atomic mass is 10.1. The van der Waals surface area contributed by atoms with Gasteiger partial charge >= 0.3 is 0 Å². The number of nitrogens with one attached hydrogen (secondary N) is 1. The summed E-state index contributed by atoms with van der Waals surface area (Å²) in [7, 11) is 0. The van der Waals surface area contributed by atoms with E-state index in [0.717, 1.165) is 5.56 Å². The van der Waals surface area contributed by atoms with Crippen LogP contribution in [0.1, 0.15) is 30.9 Å². The van der Waals surface area contributed by atoms with Crippen LogP contribution in [0, 0.1) is 17.8 Å². The minimum Gasteiger partial charge on any atom is -0.348 e. The van der Waals surface area contributed by atoms with E-state index in [2.05, 4.69) is 5.32 Å². The molecule has 0 saturated heterocycles. The average Bonchev–Trinajstić information content (AvgIpc) is 2.90. The molecule has 1 aromatic carbocycles. The molecule has 96 valence electrons. The van der Waals surface area contributed by atoms with Gasteiger partial charge in [-0.2, -0.15) is 0 Å². The van der Waals surface area contributed by atoms with E-state index < -0.39 is 0 Å². The highest BCUT2D eigenvalue weighted by Gasteiger charge is 2.56. The lowest BCUT2D eigenvalue weighted by Gasteiger charge is -2.17. The molecule has 0 aliphatic heterocycles. The second kappa shape index (κ2) is 4.73. The Morgan fingerprint density at radius 3 is 2.56 bits per heavy atom. The van der Waals surface area contributed by atoms with Crippen LogP contribution in [0.5, 0.6) is 0 Å². The molecule has 2 saturated carbocycles. The summed E-state index contributed by atoms with van der Waals surface area (Å²) >= 11 is 0. The zero-order chi connectivity index (χ0) is 12.5. The van der Waals surface area contributed by atoms with Gasteiger partial charge in [0.1, 0.15) is 0 Å². The Balaban J connectivity index is 1.62. The lowest BCUT2D eigenvalue weighted by Crippen LogP contribution is -2.35. The molecule has 1 amide bonds. The molecule has 0 spiro atoms. The van der Waals surface area contributed by atoms with Gasteiger partial charge in [-0.1, -0.05) is 36.8 Å². The first-order valence-corrected chi connectivity index (χ1v) is 6.86. The Morgan fingerprint density at radius 2 is 1.94 bits per heavy atom. The zero-order valence-electron chi connectivity index (χ0n) is 10.5. The van der Waals surface area contributed by atoms with Crippen molar-refractivity contribution in [3.8, 4) is 0 Å². The van der Waals surface area contributed by atoms with E-state index in [9.17, 15) is 4.79 Å². The van der Waals surface area contributed by atoms with Gasteiger partial charge in [0.15, 0.2) is 0 Å². The summed E-state index contributed by atoms with van der Waals surface area (Å²) in [5.74, 6) is 1.82. The van der Waals surface area contributed by atoms with Gasteiger partial charge in [0.25, 0.3) is 0 Å². The lowest BCUT2D eigenvalue weighted by molar-refractivity contribution is -0.123. The molecule has 3 nitrogen and oxygen atoms in total. The summed E-state index contributed by atoms with van der Waals surface area (Å²) in [6.07, 6.45) is 3.78. The van der Waals surface area contributed by atoms with Crippen LogP contribution >= 0.6 is 0 Å². The van der Waals surface area contributed by atoms with Crippen molar-refractivity contribution in [2.45, 2.75) is 25.3 Å². The molecular weight excluding hydrogens is 224 g/mol. The Kier molecular flexibility index (Phi) is 3.08. The molecule has 18 heavy (non-hydrogen) atoms. The summed E-state index contributed by atoms with van der Waals surface area (Å²) in [5, 5.41) is 3.11. The molecule has 3 atom stereocenters. The Morgan fingerprint density at radius 1 is 1.28 bits per heavy atom. The molecule has 1 aromatic rings. The summed E-state index contributed by atoms with van der Waals surface area (Å²) in [4.78, 5) is 12.2. The van der Waals surface area contributed by atoms with Crippen molar-refractivity contribution in [1.82, 2.24) is 5.32 Å². The van der Waals surface area contributed by atoms with E-state index in [1.807, 2.05) is 30.3 Å². The summed E-state index contributed by atoms with van der Waals surface area (Å²) in [5.41, 5.74) is 6.87. The third kappa shape index (κ3) is 2.03. The van der Waals surface area contributed by atoms with Crippen molar-refractivity contribution < 1.29 is 4.79 Å². The first-order chi connectivity index (χ1) is 8.81. The van der Waals surface area contributed by atoms with Crippen molar-refractivity contribution >= 4 is 5.91 Å². The maximum absolute atomic E-state index is 12.2. The third-order valence-corrected chi connectivity index (χ3v) is 4.46. The third-order valence-electron chi connectivity index (χ3n) is 4.46. The summed E-state index contributed by atoms with van der Waals surface area (Å²) in [6, 6.07) is 9.94. The van der Waals surface area contributed by atoms with E-state index in [-0.39, 0.29) is 17.9 Å². The van der Waals surface area contributed by atoms with Gasteiger partial charge < -0.3 is 11.1 Å². The van der Waals surface area contributed by atoms with Gasteiger partial charge in [0.2, 0.25) is 5.91 Å². The highest BCUT2D eigenvalue weighted by atomic mass is 16.2. The number of carbonyl (C=O) groups is 1. The molecule has 3 N–H and O–H groups in total. The predicted octanol–water partition coefficient (Wildman–Crippen LogP) is 1.85. The fraction of sp³-hybridized carbons (Fsp3) is 0.533. The smallest absolute Gasteiger partial charge is 0.224 e. The van der Waals surface area contributed by atoms with Gasteiger partial charge in [0.05, 0.1) is 6.04 Å². The molecule has 3 heteroatoms. The number of hydrogen-bond donors (Lipinski definition) is 2. The van der Waals surface area contributed by atoms with Crippen LogP contribution in [-0.4, -0.2) is 12.5 Å². The molecule has 3 rings (SSSR count). The van der Waals surface area contributed by atoms with Crippen LogP contribution in [0.4, 0.5) is 0 Å². The standard InChI is InChI=1S/C15H20N2O/c16-9-13(10-5-2-1-3-6-10)17-15(18)14-11-7-4-8-12(11)14/h1-3,5-6,11-14H,4,7-9,16H2,(H,17,18). The summed E-state index contributed by atoms with van der Waals surface area (Å²) < 4.78 is 0.